The van der Waals surface area contributed by atoms with Crippen LogP contribution in [0.4, 0.5) is 5.69 Å². The Balaban J connectivity index is 3.17. The van der Waals surface area contributed by atoms with Crippen LogP contribution in [0.3, 0.4) is 0 Å². The quantitative estimate of drug-likeness (QED) is 0.391. The van der Waals surface area contributed by atoms with Crippen LogP contribution >= 0.6 is 0 Å². The molecule has 1 aromatic rings. The van der Waals surface area contributed by atoms with Crippen molar-refractivity contribution in [3.8, 4) is 11.5 Å². The summed E-state index contributed by atoms with van der Waals surface area (Å²) in [4.78, 5) is 9.76. The van der Waals surface area contributed by atoms with E-state index < -0.39 is 22.1 Å². The van der Waals surface area contributed by atoms with Gasteiger partial charge in [0.2, 0.25) is 5.75 Å². The van der Waals surface area contributed by atoms with Gasteiger partial charge >= 0.3 is 5.69 Å². The molecule has 4 N–H and O–H groups in total. The summed E-state index contributed by atoms with van der Waals surface area (Å²) in [6.45, 7) is 1.75. The summed E-state index contributed by atoms with van der Waals surface area (Å²) >= 11 is 0. The van der Waals surface area contributed by atoms with Gasteiger partial charge in [-0.1, -0.05) is 0 Å². The third kappa shape index (κ3) is 2.57. The van der Waals surface area contributed by atoms with Gasteiger partial charge in [0.1, 0.15) is 0 Å². The van der Waals surface area contributed by atoms with Gasteiger partial charge in [-0.05, 0) is 25.0 Å². The minimum Gasteiger partial charge on any atom is -0.504 e. The smallest absolute Gasteiger partial charge is 0.314 e. The van der Waals surface area contributed by atoms with E-state index in [1.807, 2.05) is 0 Å². The molecule has 1 unspecified atom stereocenters. The van der Waals surface area contributed by atoms with Crippen LogP contribution in [0.2, 0.25) is 0 Å². The normalized spacial score (nSPS) is 12.4. The first-order chi connectivity index (χ1) is 6.91. The van der Waals surface area contributed by atoms with E-state index in [1.54, 1.807) is 6.92 Å². The van der Waals surface area contributed by atoms with Crippen molar-refractivity contribution in [2.24, 2.45) is 5.73 Å². The summed E-state index contributed by atoms with van der Waals surface area (Å²) in [5.41, 5.74) is 5.54. The Morgan fingerprint density at radius 3 is 2.60 bits per heavy atom. The first-order valence-corrected chi connectivity index (χ1v) is 4.36. The molecule has 0 fully saturated rings. The van der Waals surface area contributed by atoms with Gasteiger partial charge in [0.25, 0.3) is 0 Å². The Labute approximate surface area is 86.1 Å². The Morgan fingerprint density at radius 2 is 2.13 bits per heavy atom. The van der Waals surface area contributed by atoms with E-state index in [0.717, 1.165) is 0 Å². The molecule has 6 nitrogen and oxygen atoms in total. The first-order valence-electron chi connectivity index (χ1n) is 4.36. The summed E-state index contributed by atoms with van der Waals surface area (Å²) in [6.07, 6.45) is 0.397. The number of nitrogens with zero attached hydrogens (tertiary/aromatic N) is 1. The molecule has 0 saturated heterocycles. The van der Waals surface area contributed by atoms with Crippen LogP contribution in [0.1, 0.15) is 12.5 Å². The summed E-state index contributed by atoms with van der Waals surface area (Å²) in [5.74, 6) is -1.21. The zero-order chi connectivity index (χ0) is 11.6. The van der Waals surface area contributed by atoms with Gasteiger partial charge in [0.15, 0.2) is 5.75 Å². The maximum absolute atomic E-state index is 10.5. The van der Waals surface area contributed by atoms with Crippen molar-refractivity contribution < 1.29 is 15.1 Å². The highest BCUT2D eigenvalue weighted by Gasteiger charge is 2.18. The number of phenolic OH excluding ortho intramolecular Hbond substituents is 2. The second kappa shape index (κ2) is 4.14. The number of nitrogens with two attached hydrogens (primary N) is 1. The largest absolute Gasteiger partial charge is 0.504 e. The van der Waals surface area contributed by atoms with E-state index >= 15 is 0 Å². The first kappa shape index (κ1) is 11.3. The fourth-order valence-corrected chi connectivity index (χ4v) is 1.29. The van der Waals surface area contributed by atoms with Gasteiger partial charge in [-0.2, -0.15) is 0 Å². The summed E-state index contributed by atoms with van der Waals surface area (Å²) in [6, 6.07) is 2.30. The molecule has 1 aromatic carbocycles. The van der Waals surface area contributed by atoms with E-state index in [4.69, 9.17) is 5.73 Å². The Morgan fingerprint density at radius 1 is 1.53 bits per heavy atom. The minimum absolute atomic E-state index is 0.173. The number of nitro groups is 1. The van der Waals surface area contributed by atoms with E-state index in [9.17, 15) is 20.3 Å². The average molecular weight is 212 g/mol. The Hall–Kier alpha value is -1.82. The van der Waals surface area contributed by atoms with Gasteiger partial charge in [-0.25, -0.2) is 0 Å². The maximum atomic E-state index is 10.5. The molecule has 1 atom stereocenters. The number of hydrogen-bond acceptors (Lipinski definition) is 5. The molecule has 0 aromatic heterocycles. The van der Waals surface area contributed by atoms with E-state index in [0.29, 0.717) is 12.0 Å². The molecule has 15 heavy (non-hydrogen) atoms. The lowest BCUT2D eigenvalue weighted by Gasteiger charge is -2.06. The number of hydrogen-bond donors (Lipinski definition) is 3. The topological polar surface area (TPSA) is 110 Å². The molecule has 0 aliphatic heterocycles. The predicted octanol–water partition coefficient (Wildman–Crippen LogP) is 0.896. The summed E-state index contributed by atoms with van der Waals surface area (Å²) in [7, 11) is 0. The van der Waals surface area contributed by atoms with Crippen LogP contribution in [-0.4, -0.2) is 21.2 Å². The number of rotatable bonds is 3. The van der Waals surface area contributed by atoms with Crippen molar-refractivity contribution in [2.45, 2.75) is 19.4 Å². The molecule has 0 amide bonds. The third-order valence-corrected chi connectivity index (χ3v) is 1.88. The lowest BCUT2D eigenvalue weighted by molar-refractivity contribution is -0.386. The summed E-state index contributed by atoms with van der Waals surface area (Å²) in [5, 5.41) is 29.0. The third-order valence-electron chi connectivity index (χ3n) is 1.88. The van der Waals surface area contributed by atoms with Crippen LogP contribution in [0.15, 0.2) is 12.1 Å². The van der Waals surface area contributed by atoms with Crippen LogP contribution in [0.5, 0.6) is 11.5 Å². The monoisotopic (exact) mass is 212 g/mol. The zero-order valence-corrected chi connectivity index (χ0v) is 8.17. The van der Waals surface area contributed by atoms with Gasteiger partial charge in [0.05, 0.1) is 4.92 Å². The molecule has 1 rings (SSSR count). The van der Waals surface area contributed by atoms with Crippen molar-refractivity contribution in [1.82, 2.24) is 0 Å². The maximum Gasteiger partial charge on any atom is 0.314 e. The second-order valence-corrected chi connectivity index (χ2v) is 3.42. The number of aromatic hydroxyl groups is 2. The molecule has 0 aliphatic carbocycles. The van der Waals surface area contributed by atoms with E-state index in [-0.39, 0.29) is 6.04 Å². The van der Waals surface area contributed by atoms with Crippen LogP contribution in [0, 0.1) is 10.1 Å². The summed E-state index contributed by atoms with van der Waals surface area (Å²) < 4.78 is 0. The van der Waals surface area contributed by atoms with Gasteiger partial charge in [-0.3, -0.25) is 10.1 Å². The molecule has 0 saturated carbocycles. The molecular formula is C9H12N2O4. The zero-order valence-electron chi connectivity index (χ0n) is 8.17. The minimum atomic E-state index is -0.750. The molecule has 0 radical (unpaired) electrons. The number of benzene rings is 1. The number of phenols is 2. The van der Waals surface area contributed by atoms with Crippen molar-refractivity contribution in [3.05, 3.63) is 27.8 Å². The number of nitro benzene ring substituents is 1. The highest BCUT2D eigenvalue weighted by Crippen LogP contribution is 2.36. The SMILES string of the molecule is CC(N)Cc1cc(O)c(O)c([N+](=O)[O-])c1. The van der Waals surface area contributed by atoms with Crippen molar-refractivity contribution in [2.75, 3.05) is 0 Å². The molecular weight excluding hydrogens is 200 g/mol. The van der Waals surface area contributed by atoms with Gasteiger partial charge in [0, 0.05) is 12.1 Å². The van der Waals surface area contributed by atoms with E-state index in [1.165, 1.54) is 12.1 Å². The molecule has 0 aliphatic rings. The molecule has 6 heteroatoms. The highest BCUT2D eigenvalue weighted by atomic mass is 16.6. The molecule has 0 spiro atoms. The van der Waals surface area contributed by atoms with Gasteiger partial charge in [-0.15, -0.1) is 0 Å². The van der Waals surface area contributed by atoms with Crippen molar-refractivity contribution in [1.29, 1.82) is 0 Å². The fourth-order valence-electron chi connectivity index (χ4n) is 1.29. The Kier molecular flexibility index (Phi) is 3.11. The lowest BCUT2D eigenvalue weighted by Crippen LogP contribution is -2.17. The van der Waals surface area contributed by atoms with Crippen molar-refractivity contribution >= 4 is 5.69 Å². The van der Waals surface area contributed by atoms with E-state index in [2.05, 4.69) is 0 Å². The van der Waals surface area contributed by atoms with Crippen LogP contribution in [-0.2, 0) is 6.42 Å². The highest BCUT2D eigenvalue weighted by molar-refractivity contribution is 5.56. The standard InChI is InChI=1S/C9H12N2O4/c1-5(10)2-6-3-7(11(14)15)9(13)8(12)4-6/h3-5,12-13H,2,10H2,1H3. The predicted molar refractivity (Wildman–Crippen MR) is 53.8 cm³/mol. The van der Waals surface area contributed by atoms with Gasteiger partial charge < -0.3 is 15.9 Å². The molecule has 82 valence electrons. The van der Waals surface area contributed by atoms with Crippen molar-refractivity contribution in [3.63, 3.8) is 0 Å². The molecule has 0 heterocycles. The second-order valence-electron chi connectivity index (χ2n) is 3.42. The van der Waals surface area contributed by atoms with Crippen LogP contribution < -0.4 is 5.73 Å². The van der Waals surface area contributed by atoms with Crippen LogP contribution in [0.25, 0.3) is 0 Å². The average Bonchev–Trinajstić information content (AvgIpc) is 2.09. The lowest BCUT2D eigenvalue weighted by atomic mass is 10.1. The Bertz CT molecular complexity index is 390. The molecule has 0 bridgehead atoms. The fraction of sp³-hybridized carbons (Fsp3) is 0.333.